The van der Waals surface area contributed by atoms with Gasteiger partial charge >= 0.3 is 5.97 Å². The molecule has 4 nitrogen and oxygen atoms in total. The van der Waals surface area contributed by atoms with Crippen molar-refractivity contribution >= 4 is 23.5 Å². The molecule has 0 saturated heterocycles. The molecule has 34 heavy (non-hydrogen) atoms. The van der Waals surface area contributed by atoms with Gasteiger partial charge in [0.15, 0.2) is 5.78 Å². The van der Waals surface area contributed by atoms with E-state index in [2.05, 4.69) is 20.8 Å². The average molecular weight is 485 g/mol. The van der Waals surface area contributed by atoms with E-state index >= 15 is 0 Å². The maximum Gasteiger partial charge on any atom is 0.336 e. The van der Waals surface area contributed by atoms with Gasteiger partial charge in [-0.3, -0.25) is 4.79 Å². The zero-order valence-electron chi connectivity index (χ0n) is 22.0. The third-order valence-electron chi connectivity index (χ3n) is 7.01. The van der Waals surface area contributed by atoms with E-state index in [1.807, 2.05) is 50.7 Å². The smallest absolute Gasteiger partial charge is 0.336 e. The Morgan fingerprint density at radius 2 is 1.71 bits per heavy atom. The minimum absolute atomic E-state index is 0.0553. The van der Waals surface area contributed by atoms with Crippen molar-refractivity contribution in [1.29, 1.82) is 0 Å². The first kappa shape index (κ1) is 28.0. The Morgan fingerprint density at radius 1 is 1.09 bits per heavy atom. The SMILES string of the molecule is CCCCCCSc1c(C)cc(C(=O)C=CC2C(OC)=C(C)C(C(=O)O)=C(C)C2(C)C)cc1C. The second-order valence-electron chi connectivity index (χ2n) is 9.77. The number of allylic oxidation sites excluding steroid dienone is 3. The second-order valence-corrected chi connectivity index (χ2v) is 10.9. The highest BCUT2D eigenvalue weighted by atomic mass is 32.2. The van der Waals surface area contributed by atoms with Crippen molar-refractivity contribution in [2.24, 2.45) is 11.3 Å². The number of methoxy groups -OCH3 is 1. The van der Waals surface area contributed by atoms with Crippen LogP contribution in [0.1, 0.15) is 81.8 Å². The number of hydrogen-bond donors (Lipinski definition) is 1. The van der Waals surface area contributed by atoms with E-state index in [4.69, 9.17) is 4.74 Å². The molecule has 0 radical (unpaired) electrons. The number of aliphatic carboxylic acids is 1. The summed E-state index contributed by atoms with van der Waals surface area (Å²) < 4.78 is 5.65. The fourth-order valence-corrected chi connectivity index (χ4v) is 5.88. The largest absolute Gasteiger partial charge is 0.500 e. The fourth-order valence-electron chi connectivity index (χ4n) is 4.75. The number of carbonyl (C=O) groups excluding carboxylic acids is 1. The van der Waals surface area contributed by atoms with E-state index in [1.54, 1.807) is 20.1 Å². The molecule has 186 valence electrons. The molecule has 1 aromatic rings. The number of unbranched alkanes of at least 4 members (excludes halogenated alkanes) is 3. The van der Waals surface area contributed by atoms with Crippen LogP contribution in [0.15, 0.2) is 51.7 Å². The average Bonchev–Trinajstić information content (AvgIpc) is 2.76. The minimum atomic E-state index is -0.953. The summed E-state index contributed by atoms with van der Waals surface area (Å²) in [5.41, 5.74) is 4.13. The van der Waals surface area contributed by atoms with Crippen LogP contribution in [0, 0.1) is 25.2 Å². The van der Waals surface area contributed by atoms with Crippen LogP contribution in [-0.2, 0) is 9.53 Å². The lowest BCUT2D eigenvalue weighted by Gasteiger charge is -2.40. The van der Waals surface area contributed by atoms with Crippen molar-refractivity contribution in [3.63, 3.8) is 0 Å². The summed E-state index contributed by atoms with van der Waals surface area (Å²) in [5, 5.41) is 9.72. The number of carbonyl (C=O) groups is 2. The molecule has 1 unspecified atom stereocenters. The van der Waals surface area contributed by atoms with Gasteiger partial charge in [-0.1, -0.05) is 51.7 Å². The number of hydrogen-bond acceptors (Lipinski definition) is 4. The third kappa shape index (κ3) is 6.04. The molecule has 2 rings (SSSR count). The summed E-state index contributed by atoms with van der Waals surface area (Å²) in [6.45, 7) is 14.0. The quantitative estimate of drug-likeness (QED) is 0.151. The van der Waals surface area contributed by atoms with Crippen LogP contribution in [0.25, 0.3) is 0 Å². The van der Waals surface area contributed by atoms with Gasteiger partial charge in [-0.25, -0.2) is 4.79 Å². The van der Waals surface area contributed by atoms with Crippen LogP contribution in [0.4, 0.5) is 0 Å². The van der Waals surface area contributed by atoms with Crippen LogP contribution < -0.4 is 0 Å². The molecule has 0 saturated carbocycles. The molecule has 1 atom stereocenters. The maximum atomic E-state index is 13.1. The van der Waals surface area contributed by atoms with Crippen LogP contribution in [0.2, 0.25) is 0 Å². The summed E-state index contributed by atoms with van der Waals surface area (Å²) in [4.78, 5) is 26.3. The molecule has 0 spiro atoms. The molecule has 0 fully saturated rings. The van der Waals surface area contributed by atoms with Crippen LogP contribution in [0.5, 0.6) is 0 Å². The van der Waals surface area contributed by atoms with Crippen molar-refractivity contribution in [3.8, 4) is 0 Å². The van der Waals surface area contributed by atoms with Gasteiger partial charge in [0.2, 0.25) is 0 Å². The van der Waals surface area contributed by atoms with Crippen molar-refractivity contribution in [2.45, 2.75) is 79.0 Å². The van der Waals surface area contributed by atoms with E-state index in [-0.39, 0.29) is 11.7 Å². The Morgan fingerprint density at radius 3 is 2.24 bits per heavy atom. The van der Waals surface area contributed by atoms with Gasteiger partial charge in [0.25, 0.3) is 0 Å². The Balaban J connectivity index is 2.27. The molecule has 0 aliphatic heterocycles. The number of aryl methyl sites for hydroxylation is 2. The summed E-state index contributed by atoms with van der Waals surface area (Å²) in [6.07, 6.45) is 8.48. The molecule has 0 aromatic heterocycles. The molecule has 0 heterocycles. The van der Waals surface area contributed by atoms with E-state index < -0.39 is 11.4 Å². The predicted molar refractivity (Wildman–Crippen MR) is 142 cm³/mol. The summed E-state index contributed by atoms with van der Waals surface area (Å²) in [6, 6.07) is 3.96. The molecular weight excluding hydrogens is 444 g/mol. The minimum Gasteiger partial charge on any atom is -0.500 e. The summed E-state index contributed by atoms with van der Waals surface area (Å²) >= 11 is 1.88. The number of benzene rings is 1. The predicted octanol–water partition coefficient (Wildman–Crippen LogP) is 7.69. The number of ether oxygens (including phenoxy) is 1. The van der Waals surface area contributed by atoms with Crippen molar-refractivity contribution in [3.05, 3.63) is 63.5 Å². The van der Waals surface area contributed by atoms with Gasteiger partial charge < -0.3 is 9.84 Å². The van der Waals surface area contributed by atoms with Gasteiger partial charge in [0.05, 0.1) is 12.7 Å². The summed E-state index contributed by atoms with van der Waals surface area (Å²) in [7, 11) is 1.56. The number of rotatable bonds is 11. The van der Waals surface area contributed by atoms with E-state index in [9.17, 15) is 14.7 Å². The Kier molecular flexibility index (Phi) is 9.81. The van der Waals surface area contributed by atoms with Gasteiger partial charge in [0, 0.05) is 21.9 Å². The highest BCUT2D eigenvalue weighted by molar-refractivity contribution is 7.99. The van der Waals surface area contributed by atoms with E-state index in [0.29, 0.717) is 22.5 Å². The van der Waals surface area contributed by atoms with Crippen molar-refractivity contribution < 1.29 is 19.4 Å². The zero-order chi connectivity index (χ0) is 25.6. The molecule has 5 heteroatoms. The highest BCUT2D eigenvalue weighted by Gasteiger charge is 2.41. The number of carboxylic acids is 1. The van der Waals surface area contributed by atoms with Gasteiger partial charge in [-0.05, 0) is 74.6 Å². The lowest BCUT2D eigenvalue weighted by molar-refractivity contribution is -0.132. The first-order valence-corrected chi connectivity index (χ1v) is 13.1. The molecule has 1 aliphatic carbocycles. The third-order valence-corrected chi connectivity index (χ3v) is 8.43. The highest BCUT2D eigenvalue weighted by Crippen LogP contribution is 2.48. The number of thioether (sulfide) groups is 1. The molecule has 0 amide bonds. The number of carboxylic acid groups (broad SMARTS) is 1. The zero-order valence-corrected chi connectivity index (χ0v) is 22.8. The molecule has 1 aromatic carbocycles. The monoisotopic (exact) mass is 484 g/mol. The molecule has 1 N–H and O–H groups in total. The topological polar surface area (TPSA) is 63.6 Å². The lowest BCUT2D eigenvalue weighted by Crippen LogP contribution is -2.33. The lowest BCUT2D eigenvalue weighted by atomic mass is 9.66. The van der Waals surface area contributed by atoms with Gasteiger partial charge in [-0.2, -0.15) is 0 Å². The van der Waals surface area contributed by atoms with Gasteiger partial charge in [0.1, 0.15) is 5.76 Å². The van der Waals surface area contributed by atoms with Crippen LogP contribution in [0.3, 0.4) is 0 Å². The standard InChI is InChI=1S/C29H40O4S/c1-9-10-11-12-15-34-27-18(2)16-22(17-19(27)3)24(30)14-13-23-26(33-8)20(4)25(28(31)32)21(5)29(23,6)7/h13-14,16-17,23H,9-12,15H2,1-8H3,(H,31,32). The molecule has 1 aliphatic rings. The van der Waals surface area contributed by atoms with E-state index in [1.165, 1.54) is 30.6 Å². The normalized spacial score (nSPS) is 18.1. The second kappa shape index (κ2) is 11.9. The first-order valence-electron chi connectivity index (χ1n) is 12.1. The van der Waals surface area contributed by atoms with E-state index in [0.717, 1.165) is 22.5 Å². The number of ketones is 1. The fraction of sp³-hybridized carbons (Fsp3) is 0.517. The van der Waals surface area contributed by atoms with Crippen molar-refractivity contribution in [1.82, 2.24) is 0 Å². The first-order chi connectivity index (χ1) is 16.0. The van der Waals surface area contributed by atoms with Gasteiger partial charge in [-0.15, -0.1) is 11.8 Å². The summed E-state index contributed by atoms with van der Waals surface area (Å²) in [5.74, 6) is 0.456. The van der Waals surface area contributed by atoms with Crippen LogP contribution in [-0.4, -0.2) is 29.7 Å². The van der Waals surface area contributed by atoms with Crippen LogP contribution >= 0.6 is 11.8 Å². The Bertz CT molecular complexity index is 1000. The van der Waals surface area contributed by atoms with Crippen molar-refractivity contribution in [2.75, 3.05) is 12.9 Å². The maximum absolute atomic E-state index is 13.1. The molecule has 0 bridgehead atoms. The molecular formula is C29H40O4S. The Hall–Kier alpha value is -2.27. The Labute approximate surface area is 209 Å².